The summed E-state index contributed by atoms with van der Waals surface area (Å²) in [6.07, 6.45) is 1.52. The lowest BCUT2D eigenvalue weighted by atomic mass is 10.0. The van der Waals surface area contributed by atoms with Crippen LogP contribution in [0.3, 0.4) is 0 Å². The predicted molar refractivity (Wildman–Crippen MR) is 114 cm³/mol. The molecule has 1 aromatic heterocycles. The number of para-hydroxylation sites is 1. The number of anilines is 2. The summed E-state index contributed by atoms with van der Waals surface area (Å²) in [5.41, 5.74) is 1.51. The van der Waals surface area contributed by atoms with Crippen LogP contribution < -0.4 is 14.8 Å². The first-order valence-corrected chi connectivity index (χ1v) is 11.3. The van der Waals surface area contributed by atoms with Crippen molar-refractivity contribution in [1.82, 2.24) is 4.98 Å². The van der Waals surface area contributed by atoms with Gasteiger partial charge in [0.15, 0.2) is 11.7 Å². The molecule has 0 aliphatic carbocycles. The van der Waals surface area contributed by atoms with Crippen molar-refractivity contribution in [3.05, 3.63) is 65.7 Å². The van der Waals surface area contributed by atoms with Crippen molar-refractivity contribution in [1.29, 1.82) is 0 Å². The second-order valence-electron chi connectivity index (χ2n) is 6.50. The van der Waals surface area contributed by atoms with Gasteiger partial charge in [-0.15, -0.1) is 11.3 Å². The van der Waals surface area contributed by atoms with Crippen LogP contribution in [0.5, 0.6) is 5.75 Å². The predicted octanol–water partition coefficient (Wildman–Crippen LogP) is 4.08. The smallest absolute Gasteiger partial charge is 0.263 e. The molecule has 0 atom stereocenters. The number of ether oxygens (including phenoxy) is 1. The number of thiazole rings is 1. The molecule has 0 saturated carbocycles. The lowest BCUT2D eigenvalue weighted by Crippen LogP contribution is -2.20. The Morgan fingerprint density at radius 1 is 1.14 bits per heavy atom. The molecule has 7 nitrogen and oxygen atoms in total. The van der Waals surface area contributed by atoms with Gasteiger partial charge in [0.1, 0.15) is 5.75 Å². The van der Waals surface area contributed by atoms with Crippen molar-refractivity contribution in [2.45, 2.75) is 24.7 Å². The largest absolute Gasteiger partial charge is 0.483 e. The van der Waals surface area contributed by atoms with Crippen LogP contribution in [0.25, 0.3) is 0 Å². The SMILES string of the molecule is CC(C)c1ccccc1OCC(=O)Nc1ccc(S(=O)(=O)Nc2nccs2)cc1. The maximum absolute atomic E-state index is 12.3. The molecule has 29 heavy (non-hydrogen) atoms. The van der Waals surface area contributed by atoms with E-state index >= 15 is 0 Å². The van der Waals surface area contributed by atoms with Gasteiger partial charge in [0, 0.05) is 17.3 Å². The molecule has 0 radical (unpaired) electrons. The highest BCUT2D eigenvalue weighted by molar-refractivity contribution is 7.93. The number of nitrogens with one attached hydrogen (secondary N) is 2. The topological polar surface area (TPSA) is 97.4 Å². The molecule has 2 aromatic carbocycles. The van der Waals surface area contributed by atoms with E-state index in [1.165, 1.54) is 41.8 Å². The third-order valence-electron chi connectivity index (χ3n) is 4.00. The minimum Gasteiger partial charge on any atom is -0.483 e. The number of nitrogens with zero attached hydrogens (tertiary/aromatic N) is 1. The molecule has 0 spiro atoms. The van der Waals surface area contributed by atoms with Gasteiger partial charge in [-0.2, -0.15) is 0 Å². The van der Waals surface area contributed by atoms with E-state index in [0.717, 1.165) is 5.56 Å². The number of rotatable bonds is 8. The fourth-order valence-corrected chi connectivity index (χ4v) is 4.38. The summed E-state index contributed by atoms with van der Waals surface area (Å²) in [4.78, 5) is 16.2. The normalized spacial score (nSPS) is 11.3. The fourth-order valence-electron chi connectivity index (χ4n) is 2.59. The molecule has 0 saturated heterocycles. The van der Waals surface area contributed by atoms with Gasteiger partial charge in [-0.3, -0.25) is 9.52 Å². The first-order chi connectivity index (χ1) is 13.8. The highest BCUT2D eigenvalue weighted by Crippen LogP contribution is 2.26. The number of carbonyl (C=O) groups is 1. The van der Waals surface area contributed by atoms with Crippen LogP contribution in [0.2, 0.25) is 0 Å². The zero-order valence-corrected chi connectivity index (χ0v) is 17.6. The molecule has 3 rings (SSSR count). The Morgan fingerprint density at radius 2 is 1.86 bits per heavy atom. The Morgan fingerprint density at radius 3 is 2.52 bits per heavy atom. The van der Waals surface area contributed by atoms with Crippen LogP contribution in [0.15, 0.2) is 65.0 Å². The van der Waals surface area contributed by atoms with Crippen molar-refractivity contribution >= 4 is 38.1 Å². The Hall–Kier alpha value is -2.91. The molecule has 0 unspecified atom stereocenters. The van der Waals surface area contributed by atoms with Gasteiger partial charge in [0.05, 0.1) is 4.90 Å². The Balaban J connectivity index is 1.59. The van der Waals surface area contributed by atoms with E-state index in [-0.39, 0.29) is 23.3 Å². The van der Waals surface area contributed by atoms with E-state index in [0.29, 0.717) is 16.6 Å². The highest BCUT2D eigenvalue weighted by atomic mass is 32.2. The van der Waals surface area contributed by atoms with Gasteiger partial charge in [0.25, 0.3) is 15.9 Å². The van der Waals surface area contributed by atoms with E-state index in [9.17, 15) is 13.2 Å². The van der Waals surface area contributed by atoms with Gasteiger partial charge >= 0.3 is 0 Å². The standard InChI is InChI=1S/C20H21N3O4S2/c1-14(2)17-5-3-4-6-18(17)27-13-19(24)22-15-7-9-16(10-8-15)29(25,26)23-20-21-11-12-28-20/h3-12,14H,13H2,1-2H3,(H,21,23)(H,22,24). The molecule has 0 aliphatic rings. The van der Waals surface area contributed by atoms with Crippen molar-refractivity contribution in [3.63, 3.8) is 0 Å². The number of hydrogen-bond acceptors (Lipinski definition) is 6. The Labute approximate surface area is 173 Å². The first-order valence-electron chi connectivity index (χ1n) is 8.89. The maximum atomic E-state index is 12.3. The van der Waals surface area contributed by atoms with E-state index in [4.69, 9.17) is 4.74 Å². The third-order valence-corrected chi connectivity index (χ3v) is 6.17. The van der Waals surface area contributed by atoms with Crippen molar-refractivity contribution < 1.29 is 17.9 Å². The Bertz CT molecular complexity index is 1060. The lowest BCUT2D eigenvalue weighted by molar-refractivity contribution is -0.118. The summed E-state index contributed by atoms with van der Waals surface area (Å²) >= 11 is 1.19. The lowest BCUT2D eigenvalue weighted by Gasteiger charge is -2.14. The molecule has 3 aromatic rings. The van der Waals surface area contributed by atoms with E-state index in [1.54, 1.807) is 5.38 Å². The summed E-state index contributed by atoms with van der Waals surface area (Å²) in [6, 6.07) is 13.5. The Kier molecular flexibility index (Phi) is 6.50. The van der Waals surface area contributed by atoms with Crippen LogP contribution >= 0.6 is 11.3 Å². The maximum Gasteiger partial charge on any atom is 0.263 e. The minimum absolute atomic E-state index is 0.0767. The molecule has 152 valence electrons. The van der Waals surface area contributed by atoms with Crippen molar-refractivity contribution in [2.24, 2.45) is 0 Å². The summed E-state index contributed by atoms with van der Waals surface area (Å²) in [5.74, 6) is 0.620. The highest BCUT2D eigenvalue weighted by Gasteiger charge is 2.16. The molecule has 9 heteroatoms. The van der Waals surface area contributed by atoms with E-state index in [1.807, 2.05) is 24.3 Å². The van der Waals surface area contributed by atoms with Crippen LogP contribution in [-0.2, 0) is 14.8 Å². The number of aromatic nitrogens is 1. The van der Waals surface area contributed by atoms with Crippen molar-refractivity contribution in [2.75, 3.05) is 16.6 Å². The molecule has 1 amide bonds. The summed E-state index contributed by atoms with van der Waals surface area (Å²) in [7, 11) is -3.73. The van der Waals surface area contributed by atoms with Crippen LogP contribution in [0.1, 0.15) is 25.3 Å². The van der Waals surface area contributed by atoms with E-state index in [2.05, 4.69) is 28.9 Å². The molecule has 0 bridgehead atoms. The number of carbonyl (C=O) groups excluding carboxylic acids is 1. The number of sulfonamides is 1. The first kappa shape index (κ1) is 20.8. The third kappa shape index (κ3) is 5.55. The van der Waals surface area contributed by atoms with Gasteiger partial charge in [-0.25, -0.2) is 13.4 Å². The zero-order valence-electron chi connectivity index (χ0n) is 16.0. The van der Waals surface area contributed by atoms with Crippen LogP contribution in [-0.4, -0.2) is 25.9 Å². The van der Waals surface area contributed by atoms with Crippen molar-refractivity contribution in [3.8, 4) is 5.75 Å². The molecule has 2 N–H and O–H groups in total. The number of hydrogen-bond donors (Lipinski definition) is 2. The van der Waals surface area contributed by atoms with Crippen LogP contribution in [0.4, 0.5) is 10.8 Å². The molecule has 0 aliphatic heterocycles. The fraction of sp³-hybridized carbons (Fsp3) is 0.200. The molecule has 0 fully saturated rings. The number of amides is 1. The second-order valence-corrected chi connectivity index (χ2v) is 9.07. The molecular weight excluding hydrogens is 410 g/mol. The van der Waals surface area contributed by atoms with E-state index < -0.39 is 10.0 Å². The quantitative estimate of drug-likeness (QED) is 0.560. The average Bonchev–Trinajstić information content (AvgIpc) is 3.19. The molecular formula is C20H21N3O4S2. The molecule has 1 heterocycles. The van der Waals surface area contributed by atoms with Gasteiger partial charge < -0.3 is 10.1 Å². The van der Waals surface area contributed by atoms with Gasteiger partial charge in [-0.1, -0.05) is 32.0 Å². The monoisotopic (exact) mass is 431 g/mol. The summed E-state index contributed by atoms with van der Waals surface area (Å²) in [5, 5.41) is 4.67. The summed E-state index contributed by atoms with van der Waals surface area (Å²) in [6.45, 7) is 3.97. The minimum atomic E-state index is -3.73. The van der Waals surface area contributed by atoms with Gasteiger partial charge in [-0.05, 0) is 41.8 Å². The summed E-state index contributed by atoms with van der Waals surface area (Å²) < 4.78 is 32.7. The van der Waals surface area contributed by atoms with Gasteiger partial charge in [0.2, 0.25) is 0 Å². The van der Waals surface area contributed by atoms with Crippen LogP contribution in [0, 0.1) is 0 Å². The number of benzene rings is 2. The zero-order chi connectivity index (χ0) is 20.9. The average molecular weight is 432 g/mol. The second kappa shape index (κ2) is 9.06.